The summed E-state index contributed by atoms with van der Waals surface area (Å²) in [5, 5.41) is 3.04. The van der Waals surface area contributed by atoms with Gasteiger partial charge in [-0.05, 0) is 48.9 Å². The second-order valence-electron chi connectivity index (χ2n) is 8.67. The van der Waals surface area contributed by atoms with Crippen LogP contribution in [0.4, 0.5) is 22.7 Å². The number of aromatic nitrogens is 3. The Bertz CT molecular complexity index is 1670. The van der Waals surface area contributed by atoms with Crippen LogP contribution < -0.4 is 14.8 Å². The van der Waals surface area contributed by atoms with Gasteiger partial charge >= 0.3 is 12.2 Å². The number of rotatable bonds is 7. The van der Waals surface area contributed by atoms with Crippen LogP contribution in [0.1, 0.15) is 31.1 Å². The number of nitrogens with one attached hydrogen (secondary N) is 1. The third kappa shape index (κ3) is 6.18. The molecule has 2 heterocycles. The fraction of sp³-hybridized carbons (Fsp3) is 0.143. The average molecular weight is 569 g/mol. The molecule has 40 heavy (non-hydrogen) atoms. The van der Waals surface area contributed by atoms with Crippen molar-refractivity contribution in [1.29, 1.82) is 0 Å². The number of hydrogen-bond acceptors (Lipinski definition) is 7. The van der Waals surface area contributed by atoms with E-state index in [1.165, 1.54) is 48.6 Å². The molecule has 1 amide bonds. The van der Waals surface area contributed by atoms with Gasteiger partial charge < -0.3 is 14.8 Å². The highest BCUT2D eigenvalue weighted by Crippen LogP contribution is 2.36. The van der Waals surface area contributed by atoms with E-state index in [4.69, 9.17) is 9.47 Å². The molecule has 0 saturated carbocycles. The molecule has 0 aliphatic rings. The summed E-state index contributed by atoms with van der Waals surface area (Å²) in [6.45, 7) is 3.10. The highest BCUT2D eigenvalue weighted by atomic mass is 32.1. The lowest BCUT2D eigenvalue weighted by Crippen LogP contribution is -2.07. The topological polar surface area (TPSA) is 86.2 Å². The van der Waals surface area contributed by atoms with E-state index in [1.54, 1.807) is 31.2 Å². The lowest BCUT2D eigenvalue weighted by Gasteiger charge is -2.15. The molecule has 0 saturated heterocycles. The summed E-state index contributed by atoms with van der Waals surface area (Å²) in [5.41, 5.74) is 0.968. The molecule has 0 unspecified atom stereocenters. The maximum Gasteiger partial charge on any atom is 0.416 e. The van der Waals surface area contributed by atoms with E-state index in [0.29, 0.717) is 27.5 Å². The number of fused-ring (bicyclic) bond motifs is 1. The van der Waals surface area contributed by atoms with Crippen molar-refractivity contribution in [2.24, 2.45) is 0 Å². The van der Waals surface area contributed by atoms with E-state index in [-0.39, 0.29) is 23.5 Å². The third-order valence-electron chi connectivity index (χ3n) is 5.69. The number of carbonyl (C=O) groups excluding carboxylic acids is 1. The third-order valence-corrected chi connectivity index (χ3v) is 6.63. The Hall–Kier alpha value is -4.58. The lowest BCUT2D eigenvalue weighted by molar-refractivity contribution is -0.137. The number of thiazole rings is 1. The Labute approximate surface area is 229 Å². The maximum atomic E-state index is 13.4. The lowest BCUT2D eigenvalue weighted by atomic mass is 10.1. The number of hydrogen-bond donors (Lipinski definition) is 1. The Kier molecular flexibility index (Phi) is 7.35. The molecule has 2 aromatic heterocycles. The molecule has 12 heteroatoms. The van der Waals surface area contributed by atoms with Gasteiger partial charge in [-0.25, -0.2) is 9.37 Å². The molecular formula is C28H20F4N4O3S. The van der Waals surface area contributed by atoms with E-state index >= 15 is 0 Å². The van der Waals surface area contributed by atoms with Gasteiger partial charge in [-0.2, -0.15) is 23.1 Å². The molecule has 3 aromatic carbocycles. The van der Waals surface area contributed by atoms with Crippen molar-refractivity contribution in [2.75, 3.05) is 5.32 Å². The molecule has 0 radical (unpaired) electrons. The zero-order valence-corrected chi connectivity index (χ0v) is 21.8. The van der Waals surface area contributed by atoms with E-state index in [2.05, 4.69) is 20.3 Å². The van der Waals surface area contributed by atoms with Gasteiger partial charge in [-0.15, -0.1) is 0 Å². The van der Waals surface area contributed by atoms with Gasteiger partial charge in [0.1, 0.15) is 17.4 Å². The van der Waals surface area contributed by atoms with Gasteiger partial charge in [-0.1, -0.05) is 41.7 Å². The Morgan fingerprint density at radius 1 is 0.975 bits per heavy atom. The highest BCUT2D eigenvalue weighted by molar-refractivity contribution is 7.22. The number of para-hydroxylation sites is 1. The van der Waals surface area contributed by atoms with Gasteiger partial charge in [0.15, 0.2) is 10.9 Å². The van der Waals surface area contributed by atoms with E-state index in [1.807, 2.05) is 6.07 Å². The Morgan fingerprint density at radius 3 is 2.38 bits per heavy atom. The summed E-state index contributed by atoms with van der Waals surface area (Å²) in [6, 6.07) is 16.8. The quantitative estimate of drug-likeness (QED) is 0.202. The first-order valence-corrected chi connectivity index (χ1v) is 12.7. The molecule has 5 aromatic rings. The predicted molar refractivity (Wildman–Crippen MR) is 142 cm³/mol. The zero-order valence-electron chi connectivity index (χ0n) is 21.0. The number of carbonyl (C=O) groups is 1. The second kappa shape index (κ2) is 10.9. The smallest absolute Gasteiger partial charge is 0.416 e. The number of nitrogens with zero attached hydrogens (tertiary/aromatic N) is 3. The highest BCUT2D eigenvalue weighted by Gasteiger charge is 2.30. The Morgan fingerprint density at radius 2 is 1.70 bits per heavy atom. The normalized spacial score (nSPS) is 12.2. The molecule has 0 spiro atoms. The van der Waals surface area contributed by atoms with Crippen LogP contribution in [-0.4, -0.2) is 20.9 Å². The zero-order chi connectivity index (χ0) is 28.4. The molecule has 0 bridgehead atoms. The molecular weight excluding hydrogens is 548 g/mol. The van der Waals surface area contributed by atoms with Crippen molar-refractivity contribution < 1.29 is 31.8 Å². The first kappa shape index (κ1) is 27.0. The van der Waals surface area contributed by atoms with Crippen molar-refractivity contribution in [3.05, 3.63) is 89.7 Å². The molecule has 1 atom stereocenters. The summed E-state index contributed by atoms with van der Waals surface area (Å²) in [6.07, 6.45) is -5.07. The summed E-state index contributed by atoms with van der Waals surface area (Å²) in [5.74, 6) is -0.284. The second-order valence-corrected chi connectivity index (χ2v) is 9.70. The van der Waals surface area contributed by atoms with Crippen molar-refractivity contribution in [3.63, 3.8) is 0 Å². The minimum Gasteiger partial charge on any atom is -0.455 e. The van der Waals surface area contributed by atoms with E-state index < -0.39 is 23.7 Å². The molecule has 1 N–H and O–H groups in total. The summed E-state index contributed by atoms with van der Waals surface area (Å²) >= 11 is 1.26. The fourth-order valence-corrected chi connectivity index (χ4v) is 4.70. The van der Waals surface area contributed by atoms with Crippen molar-refractivity contribution in [2.45, 2.75) is 26.1 Å². The largest absolute Gasteiger partial charge is 0.455 e. The number of ether oxygens (including phenoxy) is 2. The predicted octanol–water partition coefficient (Wildman–Crippen LogP) is 7.80. The van der Waals surface area contributed by atoms with Crippen LogP contribution in [0.2, 0.25) is 0 Å². The summed E-state index contributed by atoms with van der Waals surface area (Å²) in [4.78, 5) is 24.6. The molecule has 0 aliphatic carbocycles. The number of anilines is 1. The molecule has 204 valence electrons. The molecule has 0 fully saturated rings. The van der Waals surface area contributed by atoms with Crippen LogP contribution in [0.5, 0.6) is 17.6 Å². The van der Waals surface area contributed by atoms with Gasteiger partial charge in [0.05, 0.1) is 16.0 Å². The standard InChI is InChI=1S/C28H20F4N4O3S/c1-15(17-8-12-20(29)13-9-17)38-26-34-21(18-6-10-19(11-7-18)28(30,31)32)14-24(35-26)39-22-4-3-5-23-25(22)36-27(40-23)33-16(2)37/h3-15H,1-2H3,(H,33,36,37)/t15-/m1/s1. The van der Waals surface area contributed by atoms with Gasteiger partial charge in [-0.3, -0.25) is 4.79 Å². The first-order valence-electron chi connectivity index (χ1n) is 11.9. The SMILES string of the molecule is CC(=O)Nc1nc2c(Oc3cc(-c4ccc(C(F)(F)F)cc4)nc(O[C@H](C)c4ccc(F)cc4)n3)cccc2s1. The summed E-state index contributed by atoms with van der Waals surface area (Å²) in [7, 11) is 0. The monoisotopic (exact) mass is 568 g/mol. The van der Waals surface area contributed by atoms with E-state index in [9.17, 15) is 22.4 Å². The van der Waals surface area contributed by atoms with Gasteiger partial charge in [0.25, 0.3) is 0 Å². The van der Waals surface area contributed by atoms with Crippen molar-refractivity contribution in [3.8, 4) is 28.9 Å². The number of alkyl halides is 3. The van der Waals surface area contributed by atoms with Crippen molar-refractivity contribution >= 4 is 32.6 Å². The van der Waals surface area contributed by atoms with Crippen LogP contribution in [0, 0.1) is 5.82 Å². The minimum atomic E-state index is -4.49. The van der Waals surface area contributed by atoms with Crippen LogP contribution in [0.3, 0.4) is 0 Å². The molecule has 7 nitrogen and oxygen atoms in total. The van der Waals surface area contributed by atoms with E-state index in [0.717, 1.165) is 16.8 Å². The van der Waals surface area contributed by atoms with Crippen LogP contribution >= 0.6 is 11.3 Å². The van der Waals surface area contributed by atoms with Crippen molar-refractivity contribution in [1.82, 2.24) is 15.0 Å². The number of amides is 1. The van der Waals surface area contributed by atoms with Crippen LogP contribution in [-0.2, 0) is 11.0 Å². The summed E-state index contributed by atoms with van der Waals surface area (Å²) < 4.78 is 65.4. The fourth-order valence-electron chi connectivity index (χ4n) is 3.77. The molecule has 0 aliphatic heterocycles. The van der Waals surface area contributed by atoms with Crippen LogP contribution in [0.15, 0.2) is 72.8 Å². The number of halogens is 4. The van der Waals surface area contributed by atoms with Gasteiger partial charge in [0.2, 0.25) is 11.8 Å². The van der Waals surface area contributed by atoms with Gasteiger partial charge in [0, 0.05) is 18.6 Å². The van der Waals surface area contributed by atoms with Crippen LogP contribution in [0.25, 0.3) is 21.5 Å². The Balaban J connectivity index is 1.52. The average Bonchev–Trinajstić information content (AvgIpc) is 3.31. The maximum absolute atomic E-state index is 13.4. The molecule has 5 rings (SSSR count). The first-order chi connectivity index (χ1) is 19.0. The minimum absolute atomic E-state index is 0.0489. The number of benzene rings is 3.